The van der Waals surface area contributed by atoms with Gasteiger partial charge in [0.05, 0.1) is 23.5 Å². The highest BCUT2D eigenvalue weighted by Gasteiger charge is 2.28. The summed E-state index contributed by atoms with van der Waals surface area (Å²) in [5, 5.41) is 2.11. The van der Waals surface area contributed by atoms with E-state index >= 15 is 0 Å². The second-order valence-corrected chi connectivity index (χ2v) is 5.92. The first-order valence-corrected chi connectivity index (χ1v) is 7.34. The van der Waals surface area contributed by atoms with Crippen LogP contribution in [0.4, 0.5) is 11.5 Å². The first kappa shape index (κ1) is 12.9. The van der Waals surface area contributed by atoms with Gasteiger partial charge in [-0.15, -0.1) is 11.3 Å². The number of carbonyl (C=O) groups is 1. The fraction of sp³-hybridized carbons (Fsp3) is 0.286. The number of nitrogens with two attached hydrogens (primary N) is 2. The Kier molecular flexibility index (Phi) is 3.10. The largest absolute Gasteiger partial charge is 0.397 e. The maximum atomic E-state index is 11.6. The number of rotatable bonds is 2. The normalized spacial score (nSPS) is 17.9. The van der Waals surface area contributed by atoms with Crippen molar-refractivity contribution < 1.29 is 4.79 Å². The van der Waals surface area contributed by atoms with E-state index in [1.807, 2.05) is 0 Å². The smallest absolute Gasteiger partial charge is 0.252 e. The highest BCUT2D eigenvalue weighted by molar-refractivity contribution is 7.10. The van der Waals surface area contributed by atoms with Crippen LogP contribution >= 0.6 is 11.3 Å². The van der Waals surface area contributed by atoms with Gasteiger partial charge in [0.2, 0.25) is 0 Å². The molecule has 0 aliphatic carbocycles. The van der Waals surface area contributed by atoms with E-state index < -0.39 is 5.91 Å². The van der Waals surface area contributed by atoms with Crippen LogP contribution in [0.25, 0.3) is 0 Å². The van der Waals surface area contributed by atoms with Gasteiger partial charge < -0.3 is 16.4 Å². The van der Waals surface area contributed by atoms with Gasteiger partial charge in [-0.3, -0.25) is 4.79 Å². The van der Waals surface area contributed by atoms with E-state index in [1.54, 1.807) is 23.6 Å². The van der Waals surface area contributed by atoms with E-state index in [-0.39, 0.29) is 6.04 Å². The van der Waals surface area contributed by atoms with Gasteiger partial charge >= 0.3 is 0 Å². The third-order valence-corrected chi connectivity index (χ3v) is 4.70. The molecule has 3 rings (SSSR count). The number of fused-ring (bicyclic) bond motifs is 1. The van der Waals surface area contributed by atoms with Gasteiger partial charge in [-0.2, -0.15) is 0 Å². The summed E-state index contributed by atoms with van der Waals surface area (Å²) >= 11 is 1.78. The Morgan fingerprint density at radius 2 is 2.35 bits per heavy atom. The molecule has 0 spiro atoms. The molecule has 2 aromatic rings. The minimum absolute atomic E-state index is 0.180. The number of thiophene rings is 1. The topological polar surface area (TPSA) is 85.2 Å². The monoisotopic (exact) mass is 288 g/mol. The molecule has 0 saturated carbocycles. The molecule has 6 heteroatoms. The van der Waals surface area contributed by atoms with Gasteiger partial charge in [0, 0.05) is 11.4 Å². The Morgan fingerprint density at radius 3 is 3.10 bits per heavy atom. The highest BCUT2D eigenvalue weighted by atomic mass is 32.1. The van der Waals surface area contributed by atoms with Crippen molar-refractivity contribution in [2.24, 2.45) is 5.73 Å². The summed E-state index contributed by atoms with van der Waals surface area (Å²) in [6.45, 7) is 2.94. The second kappa shape index (κ2) is 4.79. The van der Waals surface area contributed by atoms with Crippen molar-refractivity contribution >= 4 is 28.7 Å². The van der Waals surface area contributed by atoms with Crippen molar-refractivity contribution in [2.75, 3.05) is 17.2 Å². The molecule has 1 aliphatic heterocycles. The SMILES string of the molecule is CC1c2ccsc2CCN1c1ncc(N)cc1C(N)=O. The van der Waals surface area contributed by atoms with Crippen LogP contribution in [-0.2, 0) is 6.42 Å². The highest BCUT2D eigenvalue weighted by Crippen LogP contribution is 2.36. The number of amides is 1. The first-order valence-electron chi connectivity index (χ1n) is 6.46. The molecule has 3 heterocycles. The molecule has 0 fully saturated rings. The molecule has 104 valence electrons. The Bertz CT molecular complexity index is 667. The van der Waals surface area contributed by atoms with Crippen molar-refractivity contribution in [1.29, 1.82) is 0 Å². The number of nitrogen functional groups attached to an aromatic ring is 1. The lowest BCUT2D eigenvalue weighted by Crippen LogP contribution is -2.35. The van der Waals surface area contributed by atoms with Gasteiger partial charge in [-0.25, -0.2) is 4.98 Å². The molecule has 2 aromatic heterocycles. The van der Waals surface area contributed by atoms with Gasteiger partial charge in [0.15, 0.2) is 0 Å². The zero-order chi connectivity index (χ0) is 14.3. The lowest BCUT2D eigenvalue weighted by atomic mass is 10.0. The molecule has 0 aromatic carbocycles. The maximum absolute atomic E-state index is 11.6. The van der Waals surface area contributed by atoms with Crippen LogP contribution < -0.4 is 16.4 Å². The quantitative estimate of drug-likeness (QED) is 0.884. The fourth-order valence-corrected chi connectivity index (χ4v) is 3.65. The number of pyridine rings is 1. The minimum atomic E-state index is -0.497. The average molecular weight is 288 g/mol. The summed E-state index contributed by atoms with van der Waals surface area (Å²) in [4.78, 5) is 19.5. The van der Waals surface area contributed by atoms with E-state index in [9.17, 15) is 4.79 Å². The lowest BCUT2D eigenvalue weighted by Gasteiger charge is -2.35. The summed E-state index contributed by atoms with van der Waals surface area (Å²) in [6.07, 6.45) is 2.53. The van der Waals surface area contributed by atoms with Crippen molar-refractivity contribution in [3.8, 4) is 0 Å². The van der Waals surface area contributed by atoms with Crippen molar-refractivity contribution in [3.05, 3.63) is 39.7 Å². The molecule has 1 amide bonds. The number of hydrogen-bond acceptors (Lipinski definition) is 5. The van der Waals surface area contributed by atoms with Gasteiger partial charge in [0.25, 0.3) is 5.91 Å². The predicted octanol–water partition coefficient (Wildman–Crippen LogP) is 1.95. The Labute approximate surface area is 121 Å². The lowest BCUT2D eigenvalue weighted by molar-refractivity contribution is 0.100. The molecule has 0 bridgehead atoms. The van der Waals surface area contributed by atoms with Crippen molar-refractivity contribution in [2.45, 2.75) is 19.4 Å². The average Bonchev–Trinajstić information content (AvgIpc) is 2.89. The Morgan fingerprint density at radius 1 is 1.55 bits per heavy atom. The van der Waals surface area contributed by atoms with Crippen LogP contribution in [0.15, 0.2) is 23.7 Å². The molecule has 1 aliphatic rings. The third kappa shape index (κ3) is 2.02. The molecule has 0 radical (unpaired) electrons. The van der Waals surface area contributed by atoms with E-state index in [1.165, 1.54) is 10.4 Å². The molecular formula is C14H16N4OS. The standard InChI is InChI=1S/C14H16N4OS/c1-8-10-3-5-20-12(10)2-4-18(8)14-11(13(16)19)6-9(15)7-17-14/h3,5-8H,2,4,15H2,1H3,(H2,16,19). The van der Waals surface area contributed by atoms with E-state index in [0.717, 1.165) is 13.0 Å². The number of anilines is 2. The molecule has 20 heavy (non-hydrogen) atoms. The summed E-state index contributed by atoms with van der Waals surface area (Å²) in [5.74, 6) is 0.124. The molecular weight excluding hydrogens is 272 g/mol. The Balaban J connectivity index is 2.04. The zero-order valence-electron chi connectivity index (χ0n) is 11.2. The first-order chi connectivity index (χ1) is 9.58. The number of aromatic nitrogens is 1. The van der Waals surface area contributed by atoms with Crippen LogP contribution in [-0.4, -0.2) is 17.4 Å². The number of primary amides is 1. The van der Waals surface area contributed by atoms with Crippen LogP contribution in [0.1, 0.15) is 33.8 Å². The van der Waals surface area contributed by atoms with Crippen LogP contribution in [0.3, 0.4) is 0 Å². The second-order valence-electron chi connectivity index (χ2n) is 4.92. The predicted molar refractivity (Wildman–Crippen MR) is 81.0 cm³/mol. The van der Waals surface area contributed by atoms with Gasteiger partial charge in [0.1, 0.15) is 5.82 Å². The summed E-state index contributed by atoms with van der Waals surface area (Å²) in [6, 6.07) is 3.91. The van der Waals surface area contributed by atoms with E-state index in [2.05, 4.69) is 28.3 Å². The molecule has 4 N–H and O–H groups in total. The van der Waals surface area contributed by atoms with Crippen LogP contribution in [0.5, 0.6) is 0 Å². The van der Waals surface area contributed by atoms with Gasteiger partial charge in [-0.1, -0.05) is 0 Å². The number of nitrogens with zero attached hydrogens (tertiary/aromatic N) is 2. The zero-order valence-corrected chi connectivity index (χ0v) is 12.0. The van der Waals surface area contributed by atoms with Crippen molar-refractivity contribution in [3.63, 3.8) is 0 Å². The summed E-state index contributed by atoms with van der Waals surface area (Å²) in [5.41, 5.74) is 13.3. The molecule has 1 unspecified atom stereocenters. The van der Waals surface area contributed by atoms with Gasteiger partial charge in [-0.05, 0) is 36.4 Å². The number of hydrogen-bond donors (Lipinski definition) is 2. The molecule has 1 atom stereocenters. The van der Waals surface area contributed by atoms with Crippen molar-refractivity contribution in [1.82, 2.24) is 4.98 Å². The fourth-order valence-electron chi connectivity index (χ4n) is 2.68. The molecule has 5 nitrogen and oxygen atoms in total. The third-order valence-electron chi connectivity index (χ3n) is 3.70. The Hall–Kier alpha value is -2.08. The summed E-state index contributed by atoms with van der Waals surface area (Å²) < 4.78 is 0. The molecule has 0 saturated heterocycles. The maximum Gasteiger partial charge on any atom is 0.252 e. The number of carbonyl (C=O) groups excluding carboxylic acids is 1. The van der Waals surface area contributed by atoms with Crippen LogP contribution in [0.2, 0.25) is 0 Å². The van der Waals surface area contributed by atoms with E-state index in [0.29, 0.717) is 17.1 Å². The summed E-state index contributed by atoms with van der Waals surface area (Å²) in [7, 11) is 0. The minimum Gasteiger partial charge on any atom is -0.397 e. The van der Waals surface area contributed by atoms with E-state index in [4.69, 9.17) is 11.5 Å². The van der Waals surface area contributed by atoms with Crippen LogP contribution in [0, 0.1) is 0 Å².